The molecule has 34 heavy (non-hydrogen) atoms. The van der Waals surface area contributed by atoms with E-state index in [9.17, 15) is 14.4 Å². The largest absolute Gasteiger partial charge is 0.463 e. The van der Waals surface area contributed by atoms with Crippen molar-refractivity contribution in [3.8, 4) is 0 Å². The van der Waals surface area contributed by atoms with Gasteiger partial charge in [0.05, 0.1) is 18.9 Å². The highest BCUT2D eigenvalue weighted by Crippen LogP contribution is 2.72. The summed E-state index contributed by atoms with van der Waals surface area (Å²) >= 11 is 0. The van der Waals surface area contributed by atoms with E-state index in [2.05, 4.69) is 13.8 Å². The lowest BCUT2D eigenvalue weighted by molar-refractivity contribution is -0.355. The summed E-state index contributed by atoms with van der Waals surface area (Å²) < 4.78 is 30.8. The number of carbonyl (C=O) groups is 3. The summed E-state index contributed by atoms with van der Waals surface area (Å²) in [6.07, 6.45) is 2.94. The van der Waals surface area contributed by atoms with Crippen LogP contribution in [-0.2, 0) is 38.1 Å². The molecule has 5 aliphatic rings. The van der Waals surface area contributed by atoms with Crippen LogP contribution < -0.4 is 0 Å². The van der Waals surface area contributed by atoms with Crippen LogP contribution in [0.3, 0.4) is 0 Å². The van der Waals surface area contributed by atoms with Crippen molar-refractivity contribution >= 4 is 17.9 Å². The number of hydrogen-bond donors (Lipinski definition) is 0. The predicted octanol–water partition coefficient (Wildman–Crippen LogP) is 3.34. The zero-order chi connectivity index (χ0) is 24.7. The maximum Gasteiger partial charge on any atom is 0.308 e. The molecule has 2 saturated carbocycles. The van der Waals surface area contributed by atoms with Crippen molar-refractivity contribution in [2.45, 2.75) is 109 Å². The van der Waals surface area contributed by atoms with Gasteiger partial charge in [0.15, 0.2) is 6.10 Å². The first kappa shape index (κ1) is 24.0. The second kappa shape index (κ2) is 7.42. The van der Waals surface area contributed by atoms with Gasteiger partial charge in [-0.15, -0.1) is 0 Å². The summed E-state index contributed by atoms with van der Waals surface area (Å²) in [4.78, 5) is 37.6. The minimum Gasteiger partial charge on any atom is -0.463 e. The minimum absolute atomic E-state index is 0.120. The Hall–Kier alpha value is -1.67. The monoisotopic (exact) mass is 478 g/mol. The smallest absolute Gasteiger partial charge is 0.308 e. The number of carbonyl (C=O) groups excluding carboxylic acids is 3. The normalized spacial score (nSPS) is 49.4. The van der Waals surface area contributed by atoms with Gasteiger partial charge >= 0.3 is 17.9 Å². The van der Waals surface area contributed by atoms with Crippen molar-refractivity contribution in [3.05, 3.63) is 0 Å². The van der Waals surface area contributed by atoms with E-state index in [0.717, 1.165) is 25.7 Å². The van der Waals surface area contributed by atoms with Crippen molar-refractivity contribution in [3.63, 3.8) is 0 Å². The Labute approximate surface area is 201 Å². The number of epoxide rings is 1. The van der Waals surface area contributed by atoms with Gasteiger partial charge in [-0.25, -0.2) is 0 Å². The molecule has 5 fully saturated rings. The van der Waals surface area contributed by atoms with Gasteiger partial charge in [-0.3, -0.25) is 14.4 Å². The van der Waals surface area contributed by atoms with Crippen LogP contribution in [0, 0.1) is 22.7 Å². The Kier molecular flexibility index (Phi) is 5.25. The summed E-state index contributed by atoms with van der Waals surface area (Å²) in [7, 11) is 0. The lowest BCUT2D eigenvalue weighted by atomic mass is 9.40. The summed E-state index contributed by atoms with van der Waals surface area (Å²) in [5.74, 6) is -1.30. The molecule has 5 rings (SSSR count). The van der Waals surface area contributed by atoms with Crippen molar-refractivity contribution in [1.82, 2.24) is 0 Å². The molecule has 0 aromatic rings. The molecule has 8 atom stereocenters. The number of fused-ring (bicyclic) bond motifs is 4. The molecule has 190 valence electrons. The third-order valence-corrected chi connectivity index (χ3v) is 10.1. The first-order valence-corrected chi connectivity index (χ1v) is 12.7. The van der Waals surface area contributed by atoms with Crippen molar-refractivity contribution in [2.75, 3.05) is 13.2 Å². The number of esters is 3. The van der Waals surface area contributed by atoms with Crippen LogP contribution in [0.5, 0.6) is 0 Å². The van der Waals surface area contributed by atoms with E-state index in [1.54, 1.807) is 13.8 Å². The molecular formula is C26H38O8. The molecular weight excluding hydrogens is 440 g/mol. The van der Waals surface area contributed by atoms with Crippen LogP contribution in [-0.4, -0.2) is 60.1 Å². The molecule has 0 amide bonds. The van der Waals surface area contributed by atoms with Crippen LogP contribution in [0.25, 0.3) is 0 Å². The average Bonchev–Trinajstić information content (AvgIpc) is 3.45. The zero-order valence-corrected chi connectivity index (χ0v) is 21.2. The quantitative estimate of drug-likeness (QED) is 0.346. The number of hydrogen-bond acceptors (Lipinski definition) is 8. The van der Waals surface area contributed by atoms with Gasteiger partial charge in [-0.2, -0.15) is 0 Å². The fourth-order valence-corrected chi connectivity index (χ4v) is 7.92. The molecule has 8 heteroatoms. The topological polar surface area (TPSA) is 101 Å². The average molecular weight is 479 g/mol. The van der Waals surface area contributed by atoms with Gasteiger partial charge in [0.25, 0.3) is 0 Å². The third-order valence-electron chi connectivity index (χ3n) is 10.1. The van der Waals surface area contributed by atoms with Gasteiger partial charge in [-0.05, 0) is 38.5 Å². The Morgan fingerprint density at radius 3 is 2.29 bits per heavy atom. The zero-order valence-electron chi connectivity index (χ0n) is 21.2. The third kappa shape index (κ3) is 3.06. The standard InChI is InChI=1S/C26H38O8/c1-15(2)21(29)33-20-19(32-16(3)27)23(5)17(8-7-9-26(23)14-31-26)22(4)10-11-25(34-24(20,22)6)12-18(28)30-13-25/h15,17,19-20H,7-14H2,1-6H3/t17-,19+,20+,22-,23+,24+,25+,26+/m1/s1. The van der Waals surface area contributed by atoms with E-state index in [1.807, 2.05) is 6.92 Å². The summed E-state index contributed by atoms with van der Waals surface area (Å²) in [5, 5.41) is 0. The number of ether oxygens (including phenoxy) is 5. The summed E-state index contributed by atoms with van der Waals surface area (Å²) in [5.41, 5.74) is -3.07. The van der Waals surface area contributed by atoms with E-state index >= 15 is 0 Å². The molecule has 0 aromatic carbocycles. The van der Waals surface area contributed by atoms with Crippen LogP contribution >= 0.6 is 0 Å². The Morgan fingerprint density at radius 2 is 1.74 bits per heavy atom. The van der Waals surface area contributed by atoms with Crippen LogP contribution in [0.2, 0.25) is 0 Å². The SMILES string of the molecule is CC(=O)O[C@H]1[C@H](OC(=O)C(C)C)[C@]2(C)O[C@]3(CC[C@]2(C)[C@H]2CCC[C@]4(CO4)[C@]12C)COC(=O)C3. The summed E-state index contributed by atoms with van der Waals surface area (Å²) in [6, 6.07) is 0. The highest BCUT2D eigenvalue weighted by Gasteiger charge is 2.80. The first-order chi connectivity index (χ1) is 15.8. The number of cyclic esters (lactones) is 1. The Morgan fingerprint density at radius 1 is 1.03 bits per heavy atom. The van der Waals surface area contributed by atoms with Gasteiger partial charge in [0.1, 0.15) is 29.5 Å². The molecule has 2 aliphatic carbocycles. The van der Waals surface area contributed by atoms with Gasteiger partial charge in [0.2, 0.25) is 0 Å². The fourth-order valence-electron chi connectivity index (χ4n) is 7.92. The maximum atomic E-state index is 13.0. The second-order valence-electron chi connectivity index (χ2n) is 12.2. The Bertz CT molecular complexity index is 910. The molecule has 0 aromatic heterocycles. The molecule has 0 unspecified atom stereocenters. The number of rotatable bonds is 3. The highest BCUT2D eigenvalue weighted by molar-refractivity contribution is 5.73. The minimum atomic E-state index is -0.985. The molecule has 8 nitrogen and oxygen atoms in total. The first-order valence-electron chi connectivity index (χ1n) is 12.7. The second-order valence-corrected chi connectivity index (χ2v) is 12.2. The molecule has 3 heterocycles. The van der Waals surface area contributed by atoms with Gasteiger partial charge < -0.3 is 23.7 Å². The maximum absolute atomic E-state index is 13.0. The summed E-state index contributed by atoms with van der Waals surface area (Å²) in [6.45, 7) is 12.1. The van der Waals surface area contributed by atoms with E-state index < -0.39 is 45.8 Å². The molecule has 3 saturated heterocycles. The van der Waals surface area contributed by atoms with E-state index in [4.69, 9.17) is 23.7 Å². The van der Waals surface area contributed by atoms with Gasteiger partial charge in [-0.1, -0.05) is 34.1 Å². The van der Waals surface area contributed by atoms with Crippen LogP contribution in [0.1, 0.15) is 80.1 Å². The van der Waals surface area contributed by atoms with Crippen molar-refractivity contribution < 1.29 is 38.1 Å². The molecule has 2 spiro atoms. The van der Waals surface area contributed by atoms with E-state index in [-0.39, 0.29) is 36.8 Å². The van der Waals surface area contributed by atoms with E-state index in [1.165, 1.54) is 6.92 Å². The highest BCUT2D eigenvalue weighted by atomic mass is 16.6. The van der Waals surface area contributed by atoms with Crippen LogP contribution in [0.15, 0.2) is 0 Å². The van der Waals surface area contributed by atoms with E-state index in [0.29, 0.717) is 13.0 Å². The molecule has 3 aliphatic heterocycles. The van der Waals surface area contributed by atoms with Gasteiger partial charge in [0, 0.05) is 17.8 Å². The molecule has 0 bridgehead atoms. The molecule has 0 N–H and O–H groups in total. The lowest BCUT2D eigenvalue weighted by Crippen LogP contribution is -2.79. The van der Waals surface area contributed by atoms with Crippen molar-refractivity contribution in [1.29, 1.82) is 0 Å². The lowest BCUT2D eigenvalue weighted by Gasteiger charge is -2.70. The Balaban J connectivity index is 1.67. The predicted molar refractivity (Wildman–Crippen MR) is 120 cm³/mol. The van der Waals surface area contributed by atoms with Crippen molar-refractivity contribution in [2.24, 2.45) is 22.7 Å². The molecule has 0 radical (unpaired) electrons. The fraction of sp³-hybridized carbons (Fsp3) is 0.885. The van der Waals surface area contributed by atoms with Crippen LogP contribution in [0.4, 0.5) is 0 Å².